The van der Waals surface area contributed by atoms with E-state index in [-0.39, 0.29) is 124 Å². The molecule has 0 aromatic rings. The molecule has 8 heavy (non-hydrogen) atoms. The van der Waals surface area contributed by atoms with Crippen LogP contribution < -0.4 is 130 Å². The van der Waals surface area contributed by atoms with Gasteiger partial charge in [-0.1, -0.05) is 0 Å². The second kappa shape index (κ2) is 22.4. The van der Waals surface area contributed by atoms with Crippen LogP contribution in [0.2, 0.25) is 0 Å². The maximum absolute atomic E-state index is 9.00. The van der Waals surface area contributed by atoms with Gasteiger partial charge in [0.15, 0.2) is 0 Å². The van der Waals surface area contributed by atoms with E-state index in [1.807, 2.05) is 0 Å². The number of nitrogens with two attached hydrogens (primary N) is 2. The van der Waals surface area contributed by atoms with Crippen molar-refractivity contribution < 1.29 is 129 Å². The van der Waals surface area contributed by atoms with Gasteiger partial charge in [-0.3, -0.25) is 0 Å². The van der Waals surface area contributed by atoms with Crippen molar-refractivity contribution in [1.29, 1.82) is 0 Å². The van der Waals surface area contributed by atoms with Crippen molar-refractivity contribution in [3.05, 3.63) is 0 Å². The summed E-state index contributed by atoms with van der Waals surface area (Å²) in [6.07, 6.45) is 0. The third-order valence-electron chi connectivity index (χ3n) is 0. The van der Waals surface area contributed by atoms with Crippen molar-refractivity contribution in [3.8, 4) is 0 Å². The number of rotatable bonds is 0. The Labute approximate surface area is 143 Å². The van der Waals surface area contributed by atoms with Crippen LogP contribution in [0.15, 0.2) is 0 Å². The summed E-state index contributed by atoms with van der Waals surface area (Å²) in [5.41, 5.74) is 8.50. The molecule has 0 aromatic heterocycles. The van der Waals surface area contributed by atoms with Crippen LogP contribution in [0.5, 0.6) is 0 Å². The Morgan fingerprint density at radius 2 is 1.00 bits per heavy atom. The number of carbonyl (C=O) groups excluding carboxylic acids is 1. The van der Waals surface area contributed by atoms with Crippen LogP contribution in [0.3, 0.4) is 0 Å². The van der Waals surface area contributed by atoms with Gasteiger partial charge in [-0.2, -0.15) is 0 Å². The maximum atomic E-state index is 9.00. The molecule has 0 saturated carbocycles. The molecule has 0 heterocycles. The summed E-state index contributed by atoms with van der Waals surface area (Å²) < 4.78 is 0. The van der Waals surface area contributed by atoms with Crippen LogP contribution in [0.4, 0.5) is 4.79 Å². The first-order chi connectivity index (χ1) is 1.73. The van der Waals surface area contributed by atoms with E-state index in [1.165, 1.54) is 0 Å². The van der Waals surface area contributed by atoms with Gasteiger partial charge in [0, 0.05) is 0 Å². The van der Waals surface area contributed by atoms with Gasteiger partial charge in [0.05, 0.1) is 0 Å². The molecule has 0 atom stereocenters. The molecular formula is CH8N2Na4O. The van der Waals surface area contributed by atoms with Crippen LogP contribution in [-0.4, -0.2) is 6.03 Å². The minimum atomic E-state index is -0.833. The molecule has 32 valence electrons. The largest absolute Gasteiger partial charge is 1.00 e. The third-order valence-corrected chi connectivity index (χ3v) is 0. The Hall–Kier alpha value is 3.27. The van der Waals surface area contributed by atoms with Gasteiger partial charge in [-0.25, -0.2) is 4.79 Å². The van der Waals surface area contributed by atoms with E-state index in [1.54, 1.807) is 0 Å². The predicted molar refractivity (Wildman–Crippen MR) is 18.2 cm³/mol. The quantitative estimate of drug-likeness (QED) is 0.336. The molecular weight excluding hydrogens is 148 g/mol. The van der Waals surface area contributed by atoms with Crippen LogP contribution in [0.25, 0.3) is 0 Å². The van der Waals surface area contributed by atoms with Gasteiger partial charge in [0.2, 0.25) is 0 Å². The molecule has 3 nitrogen and oxygen atoms in total. The van der Waals surface area contributed by atoms with Crippen molar-refractivity contribution in [1.82, 2.24) is 0 Å². The first-order valence-electron chi connectivity index (χ1n) is 0.781. The Kier molecular flexibility index (Phi) is 84.8. The molecule has 0 fully saturated rings. The first kappa shape index (κ1) is 30.2. The van der Waals surface area contributed by atoms with Crippen LogP contribution in [0, 0.1) is 0 Å². The zero-order chi connectivity index (χ0) is 3.58. The summed E-state index contributed by atoms with van der Waals surface area (Å²) in [6, 6.07) is -0.833. The van der Waals surface area contributed by atoms with E-state index in [2.05, 4.69) is 11.5 Å². The Morgan fingerprint density at radius 1 is 1.00 bits per heavy atom. The van der Waals surface area contributed by atoms with E-state index in [0.29, 0.717) is 0 Å². The zero-order valence-electron chi connectivity index (χ0n) is 10.1. The molecule has 0 unspecified atom stereocenters. The van der Waals surface area contributed by atoms with Gasteiger partial charge in [-0.05, 0) is 0 Å². The number of hydrogen-bond acceptors (Lipinski definition) is 1. The van der Waals surface area contributed by atoms with Crippen molar-refractivity contribution in [2.24, 2.45) is 11.5 Å². The Bertz CT molecular complexity index is 48.0. The summed E-state index contributed by atoms with van der Waals surface area (Å²) in [5.74, 6) is 0. The summed E-state index contributed by atoms with van der Waals surface area (Å²) in [7, 11) is 0. The molecule has 0 bridgehead atoms. The third kappa shape index (κ3) is 59.3. The topological polar surface area (TPSA) is 69.1 Å². The summed E-state index contributed by atoms with van der Waals surface area (Å²) in [5, 5.41) is 0. The van der Waals surface area contributed by atoms with E-state index >= 15 is 0 Å². The minimum Gasteiger partial charge on any atom is -1.00 e. The second-order valence-corrected chi connectivity index (χ2v) is 0.402. The van der Waals surface area contributed by atoms with Gasteiger partial charge < -0.3 is 17.2 Å². The molecule has 0 aliphatic heterocycles. The molecule has 0 saturated heterocycles. The van der Waals surface area contributed by atoms with Crippen molar-refractivity contribution in [2.45, 2.75) is 0 Å². The van der Waals surface area contributed by atoms with Crippen molar-refractivity contribution in [3.63, 3.8) is 0 Å². The zero-order valence-corrected chi connectivity index (χ0v) is 14.1. The average Bonchev–Trinajstić information content (AvgIpc) is 0.811. The Balaban J connectivity index is -0.00000000161. The summed E-state index contributed by atoms with van der Waals surface area (Å²) in [4.78, 5) is 9.00. The molecule has 0 spiro atoms. The van der Waals surface area contributed by atoms with Crippen LogP contribution >= 0.6 is 0 Å². The number of amides is 2. The average molecular weight is 156 g/mol. The van der Waals surface area contributed by atoms with Crippen molar-refractivity contribution >= 4 is 6.03 Å². The standard InChI is InChI=1S/CH4N2O.4Na.4H/c2-1(3)4;;;;;;;;/h(H4,2,3,4);;;;;;;;/q;4*+1;4*-1. The van der Waals surface area contributed by atoms with Crippen molar-refractivity contribution in [2.75, 3.05) is 0 Å². The fraction of sp³-hybridized carbons (Fsp3) is 0. The summed E-state index contributed by atoms with van der Waals surface area (Å²) in [6.45, 7) is 0. The first-order valence-corrected chi connectivity index (χ1v) is 0.781. The number of primary amides is 2. The summed E-state index contributed by atoms with van der Waals surface area (Å²) >= 11 is 0. The van der Waals surface area contributed by atoms with Crippen LogP contribution in [-0.2, 0) is 0 Å². The molecule has 4 N–H and O–H groups in total. The van der Waals surface area contributed by atoms with Gasteiger partial charge in [0.1, 0.15) is 0 Å². The Morgan fingerprint density at radius 3 is 1.00 bits per heavy atom. The van der Waals surface area contributed by atoms with Gasteiger partial charge >= 0.3 is 124 Å². The van der Waals surface area contributed by atoms with E-state index in [0.717, 1.165) is 0 Å². The normalized spacial score (nSPS) is 3.00. The van der Waals surface area contributed by atoms with E-state index in [4.69, 9.17) is 4.79 Å². The predicted octanol–water partition coefficient (Wildman–Crippen LogP) is -12.5. The smallest absolute Gasteiger partial charge is 1.00 e. The monoisotopic (exact) mass is 156 g/mol. The number of urea groups is 1. The fourth-order valence-electron chi connectivity index (χ4n) is 0. The maximum Gasteiger partial charge on any atom is 1.00 e. The number of carbonyl (C=O) groups is 1. The molecule has 2 amide bonds. The second-order valence-electron chi connectivity index (χ2n) is 0.402. The molecule has 0 rings (SSSR count). The molecule has 7 heteroatoms. The number of hydrogen-bond donors (Lipinski definition) is 2. The molecule has 0 radical (unpaired) electrons. The van der Waals surface area contributed by atoms with Gasteiger partial charge in [0.25, 0.3) is 0 Å². The SMILES string of the molecule is NC(N)=O.[H-].[H-].[H-].[H-].[Na+].[Na+].[Na+].[Na+]. The minimum absolute atomic E-state index is 0. The van der Waals surface area contributed by atoms with Crippen LogP contribution in [0.1, 0.15) is 5.71 Å². The molecule has 0 aliphatic carbocycles. The fourth-order valence-corrected chi connectivity index (χ4v) is 0. The van der Waals surface area contributed by atoms with Gasteiger partial charge in [-0.15, -0.1) is 0 Å². The molecule has 0 aliphatic rings. The van der Waals surface area contributed by atoms with E-state index in [9.17, 15) is 0 Å². The molecule has 0 aromatic carbocycles. The van der Waals surface area contributed by atoms with E-state index < -0.39 is 6.03 Å².